The molecule has 1 heterocycles. The summed E-state index contributed by atoms with van der Waals surface area (Å²) >= 11 is 0.892. The van der Waals surface area contributed by atoms with Gasteiger partial charge in [0.2, 0.25) is 11.8 Å². The summed E-state index contributed by atoms with van der Waals surface area (Å²) in [5.74, 6) is -2.00. The lowest BCUT2D eigenvalue weighted by molar-refractivity contribution is -0.149. The van der Waals surface area contributed by atoms with Crippen molar-refractivity contribution < 1.29 is 24.3 Å². The highest BCUT2D eigenvalue weighted by Crippen LogP contribution is 2.36. The van der Waals surface area contributed by atoms with Crippen molar-refractivity contribution in [1.82, 2.24) is 10.2 Å². The molecule has 33 heavy (non-hydrogen) atoms. The van der Waals surface area contributed by atoms with E-state index in [1.54, 1.807) is 24.3 Å². The summed E-state index contributed by atoms with van der Waals surface area (Å²) in [5.41, 5.74) is 7.98. The Morgan fingerprint density at radius 1 is 1.09 bits per heavy atom. The van der Waals surface area contributed by atoms with Gasteiger partial charge in [-0.15, -0.1) is 0 Å². The molecule has 2 amide bonds. The fourth-order valence-electron chi connectivity index (χ4n) is 4.03. The number of hydrogen-bond acceptors (Lipinski definition) is 6. The van der Waals surface area contributed by atoms with Crippen LogP contribution in [-0.4, -0.2) is 50.7 Å². The summed E-state index contributed by atoms with van der Waals surface area (Å²) in [6, 6.07) is 15.0. The van der Waals surface area contributed by atoms with Gasteiger partial charge in [-0.2, -0.15) is 0 Å². The van der Waals surface area contributed by atoms with E-state index < -0.39 is 29.1 Å². The van der Waals surface area contributed by atoms with Crippen molar-refractivity contribution in [2.75, 3.05) is 12.3 Å². The number of carboxylic acid groups (broad SMARTS) is 1. The third kappa shape index (κ3) is 6.35. The lowest BCUT2D eigenvalue weighted by Gasteiger charge is -2.29. The molecule has 0 spiro atoms. The molecule has 8 nitrogen and oxygen atoms in total. The minimum atomic E-state index is -1.07. The lowest BCUT2D eigenvalue weighted by atomic mass is 10.0. The van der Waals surface area contributed by atoms with E-state index in [1.165, 1.54) is 11.8 Å². The standard InChI is InChI=1S/C24H27N3O5S/c1-15(28)33-21(13-16-7-9-18(25)10-8-16)23(30)26-14-22(29)27-19(11-12-20(27)24(31)32)17-5-3-2-4-6-17/h2-10,19-21H,11-14,25H2,1H3,(H,26,30)(H,31,32)/t19?,20-,21?/m0/s1. The van der Waals surface area contributed by atoms with Crippen molar-refractivity contribution in [2.24, 2.45) is 0 Å². The maximum Gasteiger partial charge on any atom is 0.326 e. The molecule has 4 N–H and O–H groups in total. The molecule has 2 aromatic carbocycles. The second-order valence-electron chi connectivity index (χ2n) is 7.92. The first-order valence-electron chi connectivity index (χ1n) is 10.6. The number of nitrogens with zero attached hydrogens (tertiary/aromatic N) is 1. The van der Waals surface area contributed by atoms with Crippen LogP contribution < -0.4 is 11.1 Å². The minimum Gasteiger partial charge on any atom is -0.480 e. The number of amides is 2. The highest BCUT2D eigenvalue weighted by atomic mass is 32.2. The van der Waals surface area contributed by atoms with Crippen molar-refractivity contribution in [3.63, 3.8) is 0 Å². The second-order valence-corrected chi connectivity index (χ2v) is 9.30. The van der Waals surface area contributed by atoms with E-state index in [0.717, 1.165) is 22.9 Å². The number of thioether (sulfide) groups is 1. The molecule has 2 aromatic rings. The van der Waals surface area contributed by atoms with Gasteiger partial charge in [-0.1, -0.05) is 54.2 Å². The molecule has 0 bridgehead atoms. The number of carboxylic acids is 1. The first-order chi connectivity index (χ1) is 15.8. The zero-order chi connectivity index (χ0) is 24.0. The number of nitrogen functional groups attached to an aromatic ring is 1. The van der Waals surface area contributed by atoms with E-state index in [1.807, 2.05) is 30.3 Å². The maximum atomic E-state index is 13.0. The van der Waals surface area contributed by atoms with Crippen LogP contribution in [0.3, 0.4) is 0 Å². The Morgan fingerprint density at radius 2 is 1.76 bits per heavy atom. The van der Waals surface area contributed by atoms with Crippen LogP contribution in [0, 0.1) is 0 Å². The molecule has 2 unspecified atom stereocenters. The monoisotopic (exact) mass is 469 g/mol. The molecule has 3 rings (SSSR count). The number of nitrogens with two attached hydrogens (primary N) is 1. The van der Waals surface area contributed by atoms with Gasteiger partial charge in [0, 0.05) is 12.6 Å². The van der Waals surface area contributed by atoms with Crippen molar-refractivity contribution >= 4 is 40.3 Å². The minimum absolute atomic E-state index is 0.216. The Balaban J connectivity index is 1.70. The molecule has 0 radical (unpaired) electrons. The molecule has 3 atom stereocenters. The summed E-state index contributed by atoms with van der Waals surface area (Å²) in [4.78, 5) is 50.7. The lowest BCUT2D eigenvalue weighted by Crippen LogP contribution is -2.47. The third-order valence-corrected chi connectivity index (χ3v) is 6.55. The number of rotatable bonds is 8. The van der Waals surface area contributed by atoms with Gasteiger partial charge in [0.15, 0.2) is 5.12 Å². The molecule has 0 aliphatic carbocycles. The van der Waals surface area contributed by atoms with Crippen molar-refractivity contribution in [1.29, 1.82) is 0 Å². The first kappa shape index (κ1) is 24.3. The number of hydrogen-bond donors (Lipinski definition) is 3. The fraction of sp³-hybridized carbons (Fsp3) is 0.333. The average molecular weight is 470 g/mol. The zero-order valence-electron chi connectivity index (χ0n) is 18.3. The molecule has 1 saturated heterocycles. The molecule has 1 fully saturated rings. The molecule has 1 aliphatic heterocycles. The number of aliphatic carboxylic acids is 1. The van der Waals surface area contributed by atoms with E-state index in [9.17, 15) is 24.3 Å². The maximum absolute atomic E-state index is 13.0. The van der Waals surface area contributed by atoms with E-state index in [2.05, 4.69) is 5.32 Å². The number of carbonyl (C=O) groups excluding carboxylic acids is 3. The molecule has 9 heteroatoms. The third-order valence-electron chi connectivity index (χ3n) is 5.56. The van der Waals surface area contributed by atoms with Gasteiger partial charge >= 0.3 is 5.97 Å². The molecular weight excluding hydrogens is 442 g/mol. The van der Waals surface area contributed by atoms with Crippen LogP contribution in [0.15, 0.2) is 54.6 Å². The molecule has 174 valence electrons. The van der Waals surface area contributed by atoms with Crippen molar-refractivity contribution in [2.45, 2.75) is 43.5 Å². The Hall–Kier alpha value is -3.33. The van der Waals surface area contributed by atoms with Crippen LogP contribution in [0.1, 0.15) is 36.9 Å². The van der Waals surface area contributed by atoms with Crippen LogP contribution in [-0.2, 0) is 25.6 Å². The first-order valence-corrected chi connectivity index (χ1v) is 11.5. The Labute approximate surface area is 196 Å². The van der Waals surface area contributed by atoms with Gasteiger partial charge in [0.25, 0.3) is 0 Å². The number of carbonyl (C=O) groups is 4. The highest BCUT2D eigenvalue weighted by Gasteiger charge is 2.41. The van der Waals surface area contributed by atoms with Gasteiger partial charge in [0.1, 0.15) is 6.04 Å². The topological polar surface area (TPSA) is 130 Å². The number of benzene rings is 2. The average Bonchev–Trinajstić information content (AvgIpc) is 3.24. The van der Waals surface area contributed by atoms with Crippen LogP contribution in [0.2, 0.25) is 0 Å². The summed E-state index contributed by atoms with van der Waals surface area (Å²) in [6.07, 6.45) is 1.16. The van der Waals surface area contributed by atoms with Crippen LogP contribution in [0.25, 0.3) is 0 Å². The van der Waals surface area contributed by atoms with Gasteiger partial charge in [-0.3, -0.25) is 14.4 Å². The van der Waals surface area contributed by atoms with Gasteiger partial charge in [-0.25, -0.2) is 4.79 Å². The smallest absolute Gasteiger partial charge is 0.326 e. The molecule has 0 aromatic heterocycles. The van der Waals surface area contributed by atoms with Crippen LogP contribution >= 0.6 is 11.8 Å². The van der Waals surface area contributed by atoms with E-state index in [0.29, 0.717) is 24.9 Å². The van der Waals surface area contributed by atoms with E-state index in [-0.39, 0.29) is 17.7 Å². The fourth-order valence-corrected chi connectivity index (χ4v) is 4.89. The van der Waals surface area contributed by atoms with Gasteiger partial charge in [0.05, 0.1) is 17.8 Å². The highest BCUT2D eigenvalue weighted by molar-refractivity contribution is 8.14. The Morgan fingerprint density at radius 3 is 2.36 bits per heavy atom. The van der Waals surface area contributed by atoms with E-state index in [4.69, 9.17) is 5.73 Å². The number of likely N-dealkylation sites (tertiary alicyclic amines) is 1. The predicted molar refractivity (Wildman–Crippen MR) is 126 cm³/mol. The van der Waals surface area contributed by atoms with Gasteiger partial charge < -0.3 is 21.1 Å². The number of anilines is 1. The summed E-state index contributed by atoms with van der Waals surface area (Å²) in [5, 5.41) is 11.3. The Bertz CT molecular complexity index is 1010. The summed E-state index contributed by atoms with van der Waals surface area (Å²) in [7, 11) is 0. The summed E-state index contributed by atoms with van der Waals surface area (Å²) in [6.45, 7) is 1.04. The quantitative estimate of drug-likeness (QED) is 0.506. The van der Waals surface area contributed by atoms with Crippen LogP contribution in [0.4, 0.5) is 5.69 Å². The normalized spacial score (nSPS) is 18.5. The molecule has 0 saturated carbocycles. The summed E-state index contributed by atoms with van der Waals surface area (Å²) < 4.78 is 0. The van der Waals surface area contributed by atoms with Crippen LogP contribution in [0.5, 0.6) is 0 Å². The molecular formula is C24H27N3O5S. The zero-order valence-corrected chi connectivity index (χ0v) is 19.1. The number of nitrogens with one attached hydrogen (secondary N) is 1. The van der Waals surface area contributed by atoms with Gasteiger partial charge in [-0.05, 0) is 42.5 Å². The molecule has 1 aliphatic rings. The largest absolute Gasteiger partial charge is 0.480 e. The Kier molecular flexibility index (Phi) is 8.11. The van der Waals surface area contributed by atoms with E-state index >= 15 is 0 Å². The van der Waals surface area contributed by atoms with Crippen molar-refractivity contribution in [3.8, 4) is 0 Å². The predicted octanol–water partition coefficient (Wildman–Crippen LogP) is 2.39. The SMILES string of the molecule is CC(=O)SC(Cc1ccc(N)cc1)C(=O)NCC(=O)N1C(c2ccccc2)CC[C@H]1C(=O)O. The second kappa shape index (κ2) is 11.0. The van der Waals surface area contributed by atoms with Crippen molar-refractivity contribution in [3.05, 3.63) is 65.7 Å².